The van der Waals surface area contributed by atoms with Crippen molar-refractivity contribution < 1.29 is 24.2 Å². The molecular formula is C11H19NO5. The number of carbonyl (C=O) groups is 2. The summed E-state index contributed by atoms with van der Waals surface area (Å²) in [6.45, 7) is 4.43. The largest absolute Gasteiger partial charge is 0.479 e. The number of ether oxygens (including phenoxy) is 2. The van der Waals surface area contributed by atoms with E-state index in [0.717, 1.165) is 0 Å². The molecular weight excluding hydrogens is 226 g/mol. The lowest BCUT2D eigenvalue weighted by molar-refractivity contribution is -0.147. The number of hydrogen-bond acceptors (Lipinski definition) is 4. The van der Waals surface area contributed by atoms with E-state index in [0.29, 0.717) is 19.6 Å². The third kappa shape index (κ3) is 3.98. The molecule has 1 aliphatic rings. The predicted molar refractivity (Wildman–Crippen MR) is 59.7 cm³/mol. The molecule has 2 N–H and O–H groups in total. The monoisotopic (exact) mass is 245 g/mol. The van der Waals surface area contributed by atoms with Crippen molar-refractivity contribution in [3.05, 3.63) is 0 Å². The number of rotatable bonds is 6. The summed E-state index contributed by atoms with van der Waals surface area (Å²) in [5, 5.41) is 11.6. The van der Waals surface area contributed by atoms with E-state index >= 15 is 0 Å². The molecule has 6 nitrogen and oxygen atoms in total. The van der Waals surface area contributed by atoms with Gasteiger partial charge >= 0.3 is 5.97 Å². The van der Waals surface area contributed by atoms with Crippen LogP contribution in [0.5, 0.6) is 0 Å². The lowest BCUT2D eigenvalue weighted by Crippen LogP contribution is -2.55. The van der Waals surface area contributed by atoms with Gasteiger partial charge in [-0.05, 0) is 13.8 Å². The van der Waals surface area contributed by atoms with Crippen molar-refractivity contribution in [3.63, 3.8) is 0 Å². The number of amides is 1. The minimum absolute atomic E-state index is 0.0269. The molecule has 0 saturated carbocycles. The lowest BCUT2D eigenvalue weighted by Gasteiger charge is -2.23. The molecule has 0 aromatic rings. The zero-order valence-electron chi connectivity index (χ0n) is 10.2. The van der Waals surface area contributed by atoms with Gasteiger partial charge in [0, 0.05) is 13.0 Å². The Morgan fingerprint density at radius 1 is 1.53 bits per heavy atom. The van der Waals surface area contributed by atoms with Gasteiger partial charge in [-0.2, -0.15) is 0 Å². The first kappa shape index (κ1) is 13.9. The average Bonchev–Trinajstić information content (AvgIpc) is 2.66. The zero-order valence-corrected chi connectivity index (χ0v) is 10.2. The highest BCUT2D eigenvalue weighted by Crippen LogP contribution is 2.19. The van der Waals surface area contributed by atoms with Gasteiger partial charge in [0.1, 0.15) is 0 Å². The quantitative estimate of drug-likeness (QED) is 0.696. The van der Waals surface area contributed by atoms with Crippen molar-refractivity contribution >= 4 is 11.9 Å². The van der Waals surface area contributed by atoms with Gasteiger partial charge in [-0.25, -0.2) is 4.79 Å². The highest BCUT2D eigenvalue weighted by atomic mass is 16.5. The number of carboxylic acids is 1. The van der Waals surface area contributed by atoms with E-state index in [4.69, 9.17) is 14.6 Å². The Morgan fingerprint density at radius 3 is 2.71 bits per heavy atom. The minimum atomic E-state index is -1.26. The standard InChI is InChI=1S/C11H19NO5/c1-8(2)17-5-3-9(13)12-11(10(14)15)4-6-16-7-11/h8H,3-7H2,1-2H3,(H,12,13)(H,14,15). The van der Waals surface area contributed by atoms with E-state index in [1.807, 2.05) is 13.8 Å². The van der Waals surface area contributed by atoms with Crippen LogP contribution in [-0.4, -0.2) is 48.4 Å². The number of carbonyl (C=O) groups excluding carboxylic acids is 1. The molecule has 17 heavy (non-hydrogen) atoms. The van der Waals surface area contributed by atoms with Crippen molar-refractivity contribution in [2.75, 3.05) is 19.8 Å². The van der Waals surface area contributed by atoms with Crippen LogP contribution in [0.1, 0.15) is 26.7 Å². The Bertz CT molecular complexity index is 284. The molecule has 1 heterocycles. The van der Waals surface area contributed by atoms with Crippen LogP contribution in [0.25, 0.3) is 0 Å². The minimum Gasteiger partial charge on any atom is -0.479 e. The van der Waals surface area contributed by atoms with Gasteiger partial charge in [-0.15, -0.1) is 0 Å². The summed E-state index contributed by atoms with van der Waals surface area (Å²) in [5.41, 5.74) is -1.26. The van der Waals surface area contributed by atoms with Gasteiger partial charge < -0.3 is 19.9 Å². The van der Waals surface area contributed by atoms with Crippen LogP contribution in [-0.2, 0) is 19.1 Å². The molecule has 0 bridgehead atoms. The number of carboxylic acid groups (broad SMARTS) is 1. The molecule has 1 amide bonds. The Balaban J connectivity index is 2.40. The van der Waals surface area contributed by atoms with E-state index in [2.05, 4.69) is 5.32 Å². The fraction of sp³-hybridized carbons (Fsp3) is 0.818. The molecule has 0 aromatic carbocycles. The van der Waals surface area contributed by atoms with Crippen molar-refractivity contribution in [2.45, 2.75) is 38.3 Å². The Labute approximate surface area is 100 Å². The fourth-order valence-electron chi connectivity index (χ4n) is 1.60. The summed E-state index contributed by atoms with van der Waals surface area (Å²) in [4.78, 5) is 22.7. The van der Waals surface area contributed by atoms with Crippen LogP contribution in [0.15, 0.2) is 0 Å². The molecule has 1 unspecified atom stereocenters. The summed E-state index contributed by atoms with van der Waals surface area (Å²) >= 11 is 0. The van der Waals surface area contributed by atoms with E-state index < -0.39 is 11.5 Å². The summed E-state index contributed by atoms with van der Waals surface area (Å²) in [6.07, 6.45) is 0.526. The highest BCUT2D eigenvalue weighted by molar-refractivity contribution is 5.87. The van der Waals surface area contributed by atoms with Gasteiger partial charge in [0.15, 0.2) is 5.54 Å². The van der Waals surface area contributed by atoms with Gasteiger partial charge in [-0.3, -0.25) is 4.79 Å². The van der Waals surface area contributed by atoms with E-state index in [1.165, 1.54) is 0 Å². The van der Waals surface area contributed by atoms with Crippen LogP contribution in [0, 0.1) is 0 Å². The molecule has 1 rings (SSSR count). The molecule has 0 spiro atoms. The summed E-state index contributed by atoms with van der Waals surface area (Å²) in [6, 6.07) is 0. The average molecular weight is 245 g/mol. The third-order valence-electron chi connectivity index (χ3n) is 2.59. The van der Waals surface area contributed by atoms with Crippen LogP contribution in [0.2, 0.25) is 0 Å². The second-order valence-corrected chi connectivity index (χ2v) is 4.41. The molecule has 6 heteroatoms. The lowest BCUT2D eigenvalue weighted by atomic mass is 9.99. The van der Waals surface area contributed by atoms with Crippen molar-refractivity contribution in [3.8, 4) is 0 Å². The summed E-state index contributed by atoms with van der Waals surface area (Å²) in [5.74, 6) is -1.37. The first-order valence-corrected chi connectivity index (χ1v) is 5.70. The number of aliphatic carboxylic acids is 1. The summed E-state index contributed by atoms with van der Waals surface area (Å²) in [7, 11) is 0. The Morgan fingerprint density at radius 2 is 2.24 bits per heavy atom. The topological polar surface area (TPSA) is 84.9 Å². The molecule has 0 aliphatic carbocycles. The maximum Gasteiger partial charge on any atom is 0.331 e. The van der Waals surface area contributed by atoms with Crippen molar-refractivity contribution in [1.82, 2.24) is 5.32 Å². The SMILES string of the molecule is CC(C)OCCC(=O)NC1(C(=O)O)CCOC1. The number of hydrogen-bond donors (Lipinski definition) is 2. The molecule has 1 aliphatic heterocycles. The van der Waals surface area contributed by atoms with Crippen LogP contribution in [0.3, 0.4) is 0 Å². The molecule has 1 fully saturated rings. The fourth-order valence-corrected chi connectivity index (χ4v) is 1.60. The summed E-state index contributed by atoms with van der Waals surface area (Å²) < 4.78 is 10.3. The van der Waals surface area contributed by atoms with Gasteiger partial charge in [0.25, 0.3) is 0 Å². The zero-order chi connectivity index (χ0) is 12.9. The van der Waals surface area contributed by atoms with Gasteiger partial charge in [0.05, 0.1) is 25.7 Å². The Hall–Kier alpha value is -1.14. The maximum absolute atomic E-state index is 11.6. The van der Waals surface area contributed by atoms with Crippen molar-refractivity contribution in [1.29, 1.82) is 0 Å². The Kier molecular flexibility index (Phi) is 4.89. The van der Waals surface area contributed by atoms with Crippen molar-refractivity contribution in [2.24, 2.45) is 0 Å². The van der Waals surface area contributed by atoms with E-state index in [-0.39, 0.29) is 25.0 Å². The molecule has 0 radical (unpaired) electrons. The molecule has 0 aromatic heterocycles. The normalized spacial score (nSPS) is 23.9. The number of nitrogens with one attached hydrogen (secondary N) is 1. The predicted octanol–water partition coefficient (Wildman–Crippen LogP) is 0.161. The smallest absolute Gasteiger partial charge is 0.331 e. The van der Waals surface area contributed by atoms with Crippen LogP contribution < -0.4 is 5.32 Å². The van der Waals surface area contributed by atoms with E-state index in [1.54, 1.807) is 0 Å². The molecule has 1 saturated heterocycles. The highest BCUT2D eigenvalue weighted by Gasteiger charge is 2.43. The third-order valence-corrected chi connectivity index (χ3v) is 2.59. The van der Waals surface area contributed by atoms with Crippen LogP contribution in [0.4, 0.5) is 0 Å². The second-order valence-electron chi connectivity index (χ2n) is 4.41. The van der Waals surface area contributed by atoms with Gasteiger partial charge in [0.2, 0.25) is 5.91 Å². The molecule has 98 valence electrons. The molecule has 1 atom stereocenters. The maximum atomic E-state index is 11.6. The first-order chi connectivity index (χ1) is 7.96. The van der Waals surface area contributed by atoms with Crippen LogP contribution >= 0.6 is 0 Å². The van der Waals surface area contributed by atoms with E-state index in [9.17, 15) is 9.59 Å². The second kappa shape index (κ2) is 5.97. The van der Waals surface area contributed by atoms with Gasteiger partial charge in [-0.1, -0.05) is 0 Å². The first-order valence-electron chi connectivity index (χ1n) is 5.70.